The van der Waals surface area contributed by atoms with Gasteiger partial charge in [-0.05, 0) is 0 Å². The molecule has 0 atom stereocenters. The molecule has 2 aromatic rings. The van der Waals surface area contributed by atoms with Gasteiger partial charge in [0.15, 0.2) is 0 Å². The fraction of sp³-hybridized carbons (Fsp3) is 0.300. The molecule has 144 valence electrons. The van der Waals surface area contributed by atoms with Gasteiger partial charge in [0.05, 0.1) is 0 Å². The first-order valence-electron chi connectivity index (χ1n) is 8.95. The molecule has 0 bridgehead atoms. The zero-order valence-electron chi connectivity index (χ0n) is 15.6. The summed E-state index contributed by atoms with van der Waals surface area (Å²) in [4.78, 5) is 25.2. The summed E-state index contributed by atoms with van der Waals surface area (Å²) in [6, 6.07) is 19.6. The molecule has 0 radical (unpaired) electrons. The average Bonchev–Trinajstić information content (AvgIpc) is 2.71. The standard InChI is InChI=1S/C20H24GeO4S2/c1-3-15-24-19(22)26-21(17-11-7-5-8-12-17,18-13-9-6-10-14-18)27-20(23)25-16-4-2/h5-14H,3-4,15-16H2,1-2H3. The van der Waals surface area contributed by atoms with Crippen molar-refractivity contribution in [3.8, 4) is 0 Å². The minimum atomic E-state index is -3.56. The Bertz CT molecular complexity index is 662. The zero-order valence-corrected chi connectivity index (χ0v) is 19.3. The summed E-state index contributed by atoms with van der Waals surface area (Å²) in [7, 11) is -1.18. The summed E-state index contributed by atoms with van der Waals surface area (Å²) in [6.45, 7) is 4.66. The van der Waals surface area contributed by atoms with Gasteiger partial charge in [-0.2, -0.15) is 0 Å². The Balaban J connectivity index is 2.47. The second-order valence-corrected chi connectivity index (χ2v) is 22.1. The van der Waals surface area contributed by atoms with Crippen molar-refractivity contribution in [2.24, 2.45) is 0 Å². The van der Waals surface area contributed by atoms with Crippen LogP contribution in [0.3, 0.4) is 0 Å². The van der Waals surface area contributed by atoms with Crippen LogP contribution in [0.15, 0.2) is 60.7 Å². The van der Waals surface area contributed by atoms with Gasteiger partial charge in [-0.25, -0.2) is 0 Å². The second-order valence-electron chi connectivity index (χ2n) is 5.75. The van der Waals surface area contributed by atoms with E-state index in [1.807, 2.05) is 74.5 Å². The zero-order chi connectivity index (χ0) is 19.5. The monoisotopic (exact) mass is 466 g/mol. The Labute approximate surface area is 169 Å². The molecule has 0 saturated carbocycles. The van der Waals surface area contributed by atoms with Gasteiger partial charge in [0.2, 0.25) is 0 Å². The van der Waals surface area contributed by atoms with E-state index in [0.717, 1.165) is 21.6 Å². The molecule has 27 heavy (non-hydrogen) atoms. The summed E-state index contributed by atoms with van der Waals surface area (Å²) < 4.78 is 12.7. The van der Waals surface area contributed by atoms with Crippen molar-refractivity contribution in [3.05, 3.63) is 60.7 Å². The van der Waals surface area contributed by atoms with Crippen LogP contribution in [0.2, 0.25) is 0 Å². The first-order chi connectivity index (χ1) is 13.1. The van der Waals surface area contributed by atoms with Crippen molar-refractivity contribution in [2.75, 3.05) is 13.2 Å². The summed E-state index contributed by atoms with van der Waals surface area (Å²) in [6.07, 6.45) is 1.52. The third kappa shape index (κ3) is 6.33. The predicted molar refractivity (Wildman–Crippen MR) is 116 cm³/mol. The van der Waals surface area contributed by atoms with Gasteiger partial charge in [0.25, 0.3) is 0 Å². The topological polar surface area (TPSA) is 52.6 Å². The molecule has 0 N–H and O–H groups in total. The molecule has 2 rings (SSSR count). The quantitative estimate of drug-likeness (QED) is 0.413. The molecule has 4 nitrogen and oxygen atoms in total. The SMILES string of the molecule is CCCOC(=O)[S][Ge]([S]C(=O)OCCC)([c]1ccccc1)[c]1ccccc1. The molecule has 0 spiro atoms. The van der Waals surface area contributed by atoms with Crippen molar-refractivity contribution in [1.29, 1.82) is 0 Å². The van der Waals surface area contributed by atoms with Crippen LogP contribution in [-0.2, 0) is 9.47 Å². The maximum absolute atomic E-state index is 12.6. The number of hydrogen-bond donors (Lipinski definition) is 0. The summed E-state index contributed by atoms with van der Waals surface area (Å²) >= 11 is 0. The van der Waals surface area contributed by atoms with Crippen LogP contribution < -0.4 is 8.79 Å². The average molecular weight is 465 g/mol. The van der Waals surface area contributed by atoms with E-state index < -0.39 is 11.0 Å². The van der Waals surface area contributed by atoms with Gasteiger partial charge in [0, 0.05) is 0 Å². The molecule has 0 aromatic heterocycles. The number of carbonyl (C=O) groups is 2. The molecule has 0 fully saturated rings. The molecule has 0 aliphatic rings. The van der Waals surface area contributed by atoms with Crippen molar-refractivity contribution >= 4 is 50.6 Å². The Hall–Kier alpha value is -1.38. The van der Waals surface area contributed by atoms with Gasteiger partial charge in [0.1, 0.15) is 0 Å². The predicted octanol–water partition coefficient (Wildman–Crippen LogP) is 4.80. The van der Waals surface area contributed by atoms with E-state index in [4.69, 9.17) is 9.47 Å². The summed E-state index contributed by atoms with van der Waals surface area (Å²) in [5, 5.41) is -0.666. The molecule has 0 heterocycles. The third-order valence-electron chi connectivity index (χ3n) is 3.61. The van der Waals surface area contributed by atoms with Crippen LogP contribution in [0.25, 0.3) is 0 Å². The Morgan fingerprint density at radius 3 is 1.44 bits per heavy atom. The Morgan fingerprint density at radius 1 is 0.741 bits per heavy atom. The molecule has 0 saturated heterocycles. The number of carbonyl (C=O) groups excluding carboxylic acids is 2. The van der Waals surface area contributed by atoms with Crippen LogP contribution in [0.5, 0.6) is 0 Å². The molecule has 0 aliphatic heterocycles. The van der Waals surface area contributed by atoms with Crippen LogP contribution in [0, 0.1) is 0 Å². The van der Waals surface area contributed by atoms with E-state index in [-0.39, 0.29) is 10.6 Å². The number of ether oxygens (including phenoxy) is 2. The molecule has 7 heteroatoms. The van der Waals surface area contributed by atoms with Crippen LogP contribution >= 0.6 is 20.2 Å². The fourth-order valence-electron chi connectivity index (χ4n) is 2.40. The van der Waals surface area contributed by atoms with Crippen LogP contribution in [-0.4, -0.2) is 34.8 Å². The van der Waals surface area contributed by atoms with Crippen LogP contribution in [0.4, 0.5) is 9.59 Å². The third-order valence-corrected chi connectivity index (χ3v) is 22.6. The van der Waals surface area contributed by atoms with Crippen molar-refractivity contribution in [2.45, 2.75) is 26.7 Å². The molecule has 0 amide bonds. The molecular weight excluding hydrogens is 441 g/mol. The Morgan fingerprint density at radius 2 is 1.11 bits per heavy atom. The van der Waals surface area contributed by atoms with E-state index in [1.165, 1.54) is 20.2 Å². The summed E-state index contributed by atoms with van der Waals surface area (Å²) in [5.74, 6) is 0. The van der Waals surface area contributed by atoms with Crippen LogP contribution in [0.1, 0.15) is 26.7 Å². The number of benzene rings is 2. The van der Waals surface area contributed by atoms with Gasteiger partial charge < -0.3 is 0 Å². The summed E-state index contributed by atoms with van der Waals surface area (Å²) in [5.41, 5.74) is 0. The minimum absolute atomic E-state index is 0.333. The second kappa shape index (κ2) is 11.5. The van der Waals surface area contributed by atoms with Gasteiger partial charge in [-0.3, -0.25) is 0 Å². The van der Waals surface area contributed by atoms with Crippen molar-refractivity contribution in [3.63, 3.8) is 0 Å². The fourth-order valence-corrected chi connectivity index (χ4v) is 19.5. The first kappa shape index (κ1) is 21.9. The van der Waals surface area contributed by atoms with Gasteiger partial charge in [-0.15, -0.1) is 0 Å². The molecule has 2 aromatic carbocycles. The van der Waals surface area contributed by atoms with E-state index in [0.29, 0.717) is 13.2 Å². The van der Waals surface area contributed by atoms with Gasteiger partial charge >= 0.3 is 170 Å². The Kier molecular flexibility index (Phi) is 9.30. The maximum atomic E-state index is 12.6. The molecular formula is C20H24GeO4S2. The van der Waals surface area contributed by atoms with E-state index in [2.05, 4.69) is 0 Å². The first-order valence-corrected chi connectivity index (χ1v) is 17.8. The number of rotatable bonds is 8. The molecule has 0 unspecified atom stereocenters. The van der Waals surface area contributed by atoms with E-state index in [1.54, 1.807) is 0 Å². The number of hydrogen-bond acceptors (Lipinski definition) is 6. The normalized spacial score (nSPS) is 11.0. The van der Waals surface area contributed by atoms with Crippen molar-refractivity contribution < 1.29 is 19.1 Å². The molecule has 0 aliphatic carbocycles. The van der Waals surface area contributed by atoms with E-state index in [9.17, 15) is 9.59 Å². The van der Waals surface area contributed by atoms with Crippen molar-refractivity contribution in [1.82, 2.24) is 0 Å². The van der Waals surface area contributed by atoms with Gasteiger partial charge in [-0.1, -0.05) is 0 Å². The van der Waals surface area contributed by atoms with E-state index >= 15 is 0 Å².